The van der Waals surface area contributed by atoms with E-state index in [0.29, 0.717) is 5.56 Å². The van der Waals surface area contributed by atoms with E-state index in [1.165, 1.54) is 4.90 Å². The SMILES string of the molecule is O=C(CCC(=O)N1CCC(O)(C(=O)O)CC1)c1ccccc1. The summed E-state index contributed by atoms with van der Waals surface area (Å²) in [5, 5.41) is 18.7. The Hall–Kier alpha value is -2.21. The minimum Gasteiger partial charge on any atom is -0.479 e. The monoisotopic (exact) mass is 305 g/mol. The van der Waals surface area contributed by atoms with Crippen molar-refractivity contribution in [2.24, 2.45) is 0 Å². The number of carbonyl (C=O) groups is 3. The van der Waals surface area contributed by atoms with E-state index >= 15 is 0 Å². The predicted molar refractivity (Wildman–Crippen MR) is 78.4 cm³/mol. The van der Waals surface area contributed by atoms with Gasteiger partial charge in [0.25, 0.3) is 0 Å². The molecule has 2 N–H and O–H groups in total. The highest BCUT2D eigenvalue weighted by Crippen LogP contribution is 2.23. The number of carboxylic acids is 1. The Kier molecular flexibility index (Phi) is 4.92. The molecule has 1 fully saturated rings. The molecule has 0 radical (unpaired) electrons. The molecule has 1 aromatic carbocycles. The Morgan fingerprint density at radius 3 is 2.18 bits per heavy atom. The number of amides is 1. The number of Topliss-reactive ketones (excluding diaryl/α,β-unsaturated/α-hetero) is 1. The number of hydrogen-bond donors (Lipinski definition) is 2. The van der Waals surface area contributed by atoms with Crippen LogP contribution in [0, 0.1) is 0 Å². The van der Waals surface area contributed by atoms with Crippen molar-refractivity contribution < 1.29 is 24.6 Å². The Bertz CT molecular complexity index is 561. The van der Waals surface area contributed by atoms with Gasteiger partial charge in [-0.1, -0.05) is 30.3 Å². The number of rotatable bonds is 5. The van der Waals surface area contributed by atoms with Crippen molar-refractivity contribution in [2.45, 2.75) is 31.3 Å². The van der Waals surface area contributed by atoms with Gasteiger partial charge in [-0.15, -0.1) is 0 Å². The van der Waals surface area contributed by atoms with Crippen LogP contribution >= 0.6 is 0 Å². The molecule has 22 heavy (non-hydrogen) atoms. The van der Waals surface area contributed by atoms with Crippen LogP contribution in [0.15, 0.2) is 30.3 Å². The Balaban J connectivity index is 1.82. The van der Waals surface area contributed by atoms with E-state index in [0.717, 1.165) is 0 Å². The van der Waals surface area contributed by atoms with Crippen LogP contribution in [0.4, 0.5) is 0 Å². The lowest BCUT2D eigenvalue weighted by molar-refractivity contribution is -0.165. The molecule has 1 aromatic rings. The molecule has 0 atom stereocenters. The van der Waals surface area contributed by atoms with Crippen molar-refractivity contribution in [3.63, 3.8) is 0 Å². The highest BCUT2D eigenvalue weighted by atomic mass is 16.4. The summed E-state index contributed by atoms with van der Waals surface area (Å²) in [7, 11) is 0. The Morgan fingerprint density at radius 1 is 1.05 bits per heavy atom. The standard InChI is InChI=1S/C16H19NO5/c18-13(12-4-2-1-3-5-12)6-7-14(19)17-10-8-16(22,9-11-17)15(20)21/h1-5,22H,6-11H2,(H,20,21). The maximum Gasteiger partial charge on any atom is 0.335 e. The molecule has 1 heterocycles. The molecule has 0 saturated carbocycles. The Labute approximate surface area is 128 Å². The number of aliphatic carboxylic acids is 1. The van der Waals surface area contributed by atoms with Gasteiger partial charge in [0.1, 0.15) is 0 Å². The van der Waals surface area contributed by atoms with Crippen molar-refractivity contribution in [2.75, 3.05) is 13.1 Å². The summed E-state index contributed by atoms with van der Waals surface area (Å²) < 4.78 is 0. The molecule has 0 aromatic heterocycles. The van der Waals surface area contributed by atoms with Crippen LogP contribution in [0.5, 0.6) is 0 Å². The molecule has 1 amide bonds. The molecule has 6 heteroatoms. The van der Waals surface area contributed by atoms with Gasteiger partial charge in [0.05, 0.1) is 0 Å². The summed E-state index contributed by atoms with van der Waals surface area (Å²) in [6, 6.07) is 8.78. The number of ketones is 1. The zero-order chi connectivity index (χ0) is 16.2. The molecule has 1 saturated heterocycles. The first-order chi connectivity index (χ1) is 10.4. The van der Waals surface area contributed by atoms with Gasteiger partial charge >= 0.3 is 5.97 Å². The molecule has 1 aliphatic rings. The van der Waals surface area contributed by atoms with Crippen LogP contribution in [-0.4, -0.2) is 51.5 Å². The van der Waals surface area contributed by atoms with Crippen LogP contribution in [0.25, 0.3) is 0 Å². The highest BCUT2D eigenvalue weighted by molar-refractivity contribution is 5.97. The van der Waals surface area contributed by atoms with Crippen LogP contribution in [0.3, 0.4) is 0 Å². The number of carbonyl (C=O) groups excluding carboxylic acids is 2. The summed E-state index contributed by atoms with van der Waals surface area (Å²) >= 11 is 0. The molecule has 1 aliphatic heterocycles. The van der Waals surface area contributed by atoms with E-state index in [-0.39, 0.29) is 50.5 Å². The van der Waals surface area contributed by atoms with Crippen LogP contribution in [-0.2, 0) is 9.59 Å². The number of aliphatic hydroxyl groups is 1. The number of benzene rings is 1. The summed E-state index contributed by atoms with van der Waals surface area (Å²) in [5.74, 6) is -1.52. The highest BCUT2D eigenvalue weighted by Gasteiger charge is 2.40. The summed E-state index contributed by atoms with van der Waals surface area (Å²) in [6.45, 7) is 0.391. The van der Waals surface area contributed by atoms with Crippen LogP contribution < -0.4 is 0 Å². The molecule has 0 spiro atoms. The number of likely N-dealkylation sites (tertiary alicyclic amines) is 1. The van der Waals surface area contributed by atoms with Crippen molar-refractivity contribution in [3.8, 4) is 0 Å². The molecule has 118 valence electrons. The minimum absolute atomic E-state index is 0.0146. The third-order valence-corrected chi connectivity index (χ3v) is 4.00. The quantitative estimate of drug-likeness (QED) is 0.794. The van der Waals surface area contributed by atoms with Gasteiger partial charge in [-0.25, -0.2) is 4.79 Å². The lowest BCUT2D eigenvalue weighted by Gasteiger charge is -2.35. The van der Waals surface area contributed by atoms with E-state index in [4.69, 9.17) is 5.11 Å². The summed E-state index contributed by atoms with van der Waals surface area (Å²) in [6.07, 6.45) is 0.253. The fraction of sp³-hybridized carbons (Fsp3) is 0.438. The molecular formula is C16H19NO5. The number of nitrogens with zero attached hydrogens (tertiary/aromatic N) is 1. The maximum absolute atomic E-state index is 12.1. The van der Waals surface area contributed by atoms with E-state index in [1.807, 2.05) is 6.07 Å². The molecule has 0 aliphatic carbocycles. The smallest absolute Gasteiger partial charge is 0.335 e. The molecular weight excluding hydrogens is 286 g/mol. The van der Waals surface area contributed by atoms with Gasteiger partial charge in [0.2, 0.25) is 5.91 Å². The van der Waals surface area contributed by atoms with Crippen LogP contribution in [0.1, 0.15) is 36.0 Å². The Morgan fingerprint density at radius 2 is 1.64 bits per heavy atom. The van der Waals surface area contributed by atoms with E-state index in [1.54, 1.807) is 24.3 Å². The van der Waals surface area contributed by atoms with Crippen molar-refractivity contribution >= 4 is 17.7 Å². The number of piperidine rings is 1. The first-order valence-corrected chi connectivity index (χ1v) is 7.24. The number of hydrogen-bond acceptors (Lipinski definition) is 4. The lowest BCUT2D eigenvalue weighted by atomic mass is 9.91. The van der Waals surface area contributed by atoms with Crippen molar-refractivity contribution in [3.05, 3.63) is 35.9 Å². The predicted octanol–water partition coefficient (Wildman–Crippen LogP) is 1.09. The van der Waals surface area contributed by atoms with Gasteiger partial charge in [0, 0.05) is 44.3 Å². The molecule has 0 unspecified atom stereocenters. The summed E-state index contributed by atoms with van der Waals surface area (Å²) in [5.41, 5.74) is -1.16. The fourth-order valence-corrected chi connectivity index (χ4v) is 2.49. The van der Waals surface area contributed by atoms with Gasteiger partial charge in [0.15, 0.2) is 11.4 Å². The third kappa shape index (κ3) is 3.71. The topological polar surface area (TPSA) is 94.9 Å². The normalized spacial score (nSPS) is 17.0. The van der Waals surface area contributed by atoms with E-state index in [2.05, 4.69) is 0 Å². The van der Waals surface area contributed by atoms with E-state index < -0.39 is 11.6 Å². The van der Waals surface area contributed by atoms with Gasteiger partial charge in [-0.3, -0.25) is 9.59 Å². The van der Waals surface area contributed by atoms with Gasteiger partial charge < -0.3 is 15.1 Å². The first kappa shape index (κ1) is 16.2. The molecule has 2 rings (SSSR count). The third-order valence-electron chi connectivity index (χ3n) is 4.00. The molecule has 0 bridgehead atoms. The zero-order valence-corrected chi connectivity index (χ0v) is 12.2. The van der Waals surface area contributed by atoms with Crippen molar-refractivity contribution in [1.29, 1.82) is 0 Å². The first-order valence-electron chi connectivity index (χ1n) is 7.24. The summed E-state index contributed by atoms with van der Waals surface area (Å²) in [4.78, 5) is 36.4. The second kappa shape index (κ2) is 6.70. The van der Waals surface area contributed by atoms with Crippen LogP contribution in [0.2, 0.25) is 0 Å². The number of carboxylic acid groups (broad SMARTS) is 1. The second-order valence-corrected chi connectivity index (χ2v) is 5.51. The zero-order valence-electron chi connectivity index (χ0n) is 12.2. The van der Waals surface area contributed by atoms with Gasteiger partial charge in [-0.05, 0) is 0 Å². The minimum atomic E-state index is -1.74. The lowest BCUT2D eigenvalue weighted by Crippen LogP contribution is -2.50. The average Bonchev–Trinajstić information content (AvgIpc) is 2.53. The largest absolute Gasteiger partial charge is 0.479 e. The maximum atomic E-state index is 12.1. The average molecular weight is 305 g/mol. The molecule has 6 nitrogen and oxygen atoms in total. The van der Waals surface area contributed by atoms with Crippen molar-refractivity contribution in [1.82, 2.24) is 4.90 Å². The van der Waals surface area contributed by atoms with E-state index in [9.17, 15) is 19.5 Å². The second-order valence-electron chi connectivity index (χ2n) is 5.51. The fourth-order valence-electron chi connectivity index (χ4n) is 2.49. The van der Waals surface area contributed by atoms with Gasteiger partial charge in [-0.2, -0.15) is 0 Å².